The van der Waals surface area contributed by atoms with Crippen molar-refractivity contribution in [1.29, 1.82) is 0 Å². The number of rotatable bonds is 5. The predicted molar refractivity (Wildman–Crippen MR) is 99.9 cm³/mol. The molecule has 0 spiro atoms. The summed E-state index contributed by atoms with van der Waals surface area (Å²) in [6, 6.07) is 20.1. The molecule has 0 bridgehead atoms. The van der Waals surface area contributed by atoms with E-state index in [4.69, 9.17) is 0 Å². The van der Waals surface area contributed by atoms with Crippen LogP contribution in [-0.2, 0) is 13.1 Å². The molecule has 2 N–H and O–H groups in total. The zero-order valence-electron chi connectivity index (χ0n) is 14.2. The van der Waals surface area contributed by atoms with Crippen molar-refractivity contribution in [3.8, 4) is 5.75 Å². The van der Waals surface area contributed by atoms with Crippen LogP contribution in [0.15, 0.2) is 65.7 Å². The molecular formula is C21H23N2O+. The molecule has 3 aromatic rings. The number of hydrogen-bond acceptors (Lipinski definition) is 2. The van der Waals surface area contributed by atoms with E-state index in [0.29, 0.717) is 6.54 Å². The Kier molecular flexibility index (Phi) is 4.92. The molecule has 0 unspecified atom stereocenters. The van der Waals surface area contributed by atoms with Gasteiger partial charge in [-0.25, -0.2) is 0 Å². The van der Waals surface area contributed by atoms with E-state index in [1.54, 1.807) is 12.3 Å². The predicted octanol–water partition coefficient (Wildman–Crippen LogP) is 2.81. The molecule has 0 saturated heterocycles. The van der Waals surface area contributed by atoms with Crippen LogP contribution in [0.25, 0.3) is 10.8 Å². The van der Waals surface area contributed by atoms with Crippen molar-refractivity contribution in [2.24, 2.45) is 4.99 Å². The van der Waals surface area contributed by atoms with Gasteiger partial charge < -0.3 is 10.0 Å². The largest absolute Gasteiger partial charge is 0.507 e. The fraction of sp³-hybridized carbons (Fsp3) is 0.190. The number of fused-ring (bicyclic) bond motifs is 1. The minimum absolute atomic E-state index is 0.267. The Morgan fingerprint density at radius 3 is 2.42 bits per heavy atom. The molecule has 122 valence electrons. The van der Waals surface area contributed by atoms with E-state index in [9.17, 15) is 5.11 Å². The molecule has 0 saturated carbocycles. The number of hydrogen-bond donors (Lipinski definition) is 2. The number of phenols is 1. The lowest BCUT2D eigenvalue weighted by molar-refractivity contribution is -0.872. The van der Waals surface area contributed by atoms with E-state index in [1.165, 1.54) is 16.0 Å². The first-order valence-electron chi connectivity index (χ1n) is 8.21. The van der Waals surface area contributed by atoms with Crippen LogP contribution in [0.3, 0.4) is 0 Å². The average Bonchev–Trinajstić information content (AvgIpc) is 2.58. The van der Waals surface area contributed by atoms with Crippen molar-refractivity contribution < 1.29 is 10.0 Å². The number of quaternary nitrogens is 1. The first-order valence-corrected chi connectivity index (χ1v) is 8.21. The number of phenolic OH excluding ortho intramolecular Hbond substituents is 1. The second-order valence-electron chi connectivity index (χ2n) is 6.34. The zero-order chi connectivity index (χ0) is 16.9. The number of aliphatic imine (C=N–C) groups is 1. The maximum absolute atomic E-state index is 10.2. The zero-order valence-corrected chi connectivity index (χ0v) is 14.2. The maximum atomic E-state index is 10.2. The SMILES string of the molecule is C[NH+](C)Cc1ccccc1CN=Cc1c(O)ccc2ccccc12. The van der Waals surface area contributed by atoms with Crippen LogP contribution in [0, 0.1) is 0 Å². The van der Waals surface area contributed by atoms with E-state index >= 15 is 0 Å². The monoisotopic (exact) mass is 319 g/mol. The van der Waals surface area contributed by atoms with Gasteiger partial charge in [0.15, 0.2) is 0 Å². The number of aromatic hydroxyl groups is 1. The molecule has 3 heteroatoms. The van der Waals surface area contributed by atoms with E-state index < -0.39 is 0 Å². The lowest BCUT2D eigenvalue weighted by Gasteiger charge is -2.10. The number of nitrogens with zero attached hydrogens (tertiary/aromatic N) is 1. The summed E-state index contributed by atoms with van der Waals surface area (Å²) < 4.78 is 0. The molecule has 0 atom stereocenters. The standard InChI is InChI=1S/C21H22N2O/c1-23(2)15-18-9-4-3-8-17(18)13-22-14-20-19-10-6-5-7-16(19)11-12-21(20)24/h3-12,14,24H,13,15H2,1-2H3/p+1. The van der Waals surface area contributed by atoms with Gasteiger partial charge in [-0.15, -0.1) is 0 Å². The van der Waals surface area contributed by atoms with Gasteiger partial charge in [-0.1, -0.05) is 54.6 Å². The Hall–Kier alpha value is -2.65. The molecule has 3 aromatic carbocycles. The molecule has 0 radical (unpaired) electrons. The van der Waals surface area contributed by atoms with Crippen LogP contribution in [0.1, 0.15) is 16.7 Å². The van der Waals surface area contributed by atoms with E-state index in [-0.39, 0.29) is 5.75 Å². The van der Waals surface area contributed by atoms with Gasteiger partial charge in [-0.3, -0.25) is 4.99 Å². The second-order valence-corrected chi connectivity index (χ2v) is 6.34. The molecule has 0 amide bonds. The molecule has 24 heavy (non-hydrogen) atoms. The quantitative estimate of drug-likeness (QED) is 0.697. The minimum Gasteiger partial charge on any atom is -0.507 e. The fourth-order valence-corrected chi connectivity index (χ4v) is 2.92. The van der Waals surface area contributed by atoms with Crippen molar-refractivity contribution in [3.05, 3.63) is 77.4 Å². The third kappa shape index (κ3) is 3.63. The topological polar surface area (TPSA) is 37.0 Å². The van der Waals surface area contributed by atoms with Gasteiger partial charge in [0.2, 0.25) is 0 Å². The molecule has 0 aliphatic carbocycles. The van der Waals surface area contributed by atoms with Crippen LogP contribution < -0.4 is 4.90 Å². The maximum Gasteiger partial charge on any atom is 0.124 e. The summed E-state index contributed by atoms with van der Waals surface area (Å²) in [6.07, 6.45) is 1.79. The third-order valence-corrected chi connectivity index (χ3v) is 4.09. The Bertz CT molecular complexity index is 869. The summed E-state index contributed by atoms with van der Waals surface area (Å²) in [4.78, 5) is 5.98. The van der Waals surface area contributed by atoms with Crippen molar-refractivity contribution in [1.82, 2.24) is 0 Å². The average molecular weight is 319 g/mol. The highest BCUT2D eigenvalue weighted by molar-refractivity contribution is 6.02. The van der Waals surface area contributed by atoms with Gasteiger partial charge in [-0.2, -0.15) is 0 Å². The Labute approximate surface area is 142 Å². The highest BCUT2D eigenvalue weighted by atomic mass is 16.3. The van der Waals surface area contributed by atoms with E-state index in [0.717, 1.165) is 22.9 Å². The lowest BCUT2D eigenvalue weighted by Crippen LogP contribution is -3.04. The van der Waals surface area contributed by atoms with Gasteiger partial charge in [-0.05, 0) is 22.4 Å². The van der Waals surface area contributed by atoms with Crippen molar-refractivity contribution >= 4 is 17.0 Å². The number of nitrogens with one attached hydrogen (secondary N) is 1. The Balaban J connectivity index is 1.87. The molecule has 0 heterocycles. The van der Waals surface area contributed by atoms with Gasteiger partial charge >= 0.3 is 0 Å². The molecule has 0 fully saturated rings. The fourth-order valence-electron chi connectivity index (χ4n) is 2.92. The van der Waals surface area contributed by atoms with Crippen LogP contribution in [0.4, 0.5) is 0 Å². The smallest absolute Gasteiger partial charge is 0.124 e. The molecular weight excluding hydrogens is 296 g/mol. The second kappa shape index (κ2) is 7.28. The van der Waals surface area contributed by atoms with Crippen molar-refractivity contribution in [2.75, 3.05) is 14.1 Å². The normalized spacial score (nSPS) is 11.6. The molecule has 3 nitrogen and oxygen atoms in total. The summed E-state index contributed by atoms with van der Waals surface area (Å²) in [5, 5.41) is 12.3. The summed E-state index contributed by atoms with van der Waals surface area (Å²) in [7, 11) is 4.29. The van der Waals surface area contributed by atoms with Crippen LogP contribution in [-0.4, -0.2) is 25.4 Å². The highest BCUT2D eigenvalue weighted by Crippen LogP contribution is 2.25. The molecule has 3 rings (SSSR count). The molecule has 0 aliphatic heterocycles. The minimum atomic E-state index is 0.267. The van der Waals surface area contributed by atoms with Gasteiger partial charge in [0.1, 0.15) is 12.3 Å². The molecule has 0 aromatic heterocycles. The molecule has 0 aliphatic rings. The van der Waals surface area contributed by atoms with E-state index in [1.807, 2.05) is 30.3 Å². The first-order chi connectivity index (χ1) is 11.6. The van der Waals surface area contributed by atoms with Crippen LogP contribution in [0.5, 0.6) is 5.75 Å². The lowest BCUT2D eigenvalue weighted by atomic mass is 10.0. The first kappa shape index (κ1) is 16.2. The Morgan fingerprint density at radius 1 is 0.917 bits per heavy atom. The third-order valence-electron chi connectivity index (χ3n) is 4.09. The summed E-state index contributed by atoms with van der Waals surface area (Å²) in [6.45, 7) is 1.59. The van der Waals surface area contributed by atoms with Crippen LogP contribution in [0.2, 0.25) is 0 Å². The van der Waals surface area contributed by atoms with Crippen molar-refractivity contribution in [2.45, 2.75) is 13.1 Å². The van der Waals surface area contributed by atoms with Gasteiger partial charge in [0.05, 0.1) is 20.6 Å². The van der Waals surface area contributed by atoms with Gasteiger partial charge in [0, 0.05) is 17.3 Å². The number of benzene rings is 3. The van der Waals surface area contributed by atoms with Crippen molar-refractivity contribution in [3.63, 3.8) is 0 Å². The van der Waals surface area contributed by atoms with E-state index in [2.05, 4.69) is 43.4 Å². The highest BCUT2D eigenvalue weighted by Gasteiger charge is 2.06. The van der Waals surface area contributed by atoms with Crippen LogP contribution >= 0.6 is 0 Å². The summed E-state index contributed by atoms with van der Waals surface area (Å²) in [5.41, 5.74) is 3.33. The Morgan fingerprint density at radius 2 is 1.62 bits per heavy atom. The summed E-state index contributed by atoms with van der Waals surface area (Å²) in [5.74, 6) is 0.267. The van der Waals surface area contributed by atoms with Gasteiger partial charge in [0.25, 0.3) is 0 Å². The summed E-state index contributed by atoms with van der Waals surface area (Å²) >= 11 is 0.